The van der Waals surface area contributed by atoms with Gasteiger partial charge in [-0.3, -0.25) is 9.59 Å². The SMILES string of the molecule is O=C(NCc1ccc(F)cc1)c1ccc2c(c1)N(Cc1cccc(Cl)c1)C(=O)c1ccccc1S2(=O)=O. The third-order valence-corrected chi connectivity index (χ3v) is 8.14. The number of benzene rings is 4. The summed E-state index contributed by atoms with van der Waals surface area (Å²) in [5.41, 5.74) is 1.69. The predicted molar refractivity (Wildman–Crippen MR) is 138 cm³/mol. The van der Waals surface area contributed by atoms with Crippen LogP contribution >= 0.6 is 11.6 Å². The molecule has 1 aliphatic rings. The third-order valence-electron chi connectivity index (χ3n) is 6.05. The van der Waals surface area contributed by atoms with E-state index >= 15 is 0 Å². The maximum absolute atomic E-state index is 13.7. The zero-order valence-electron chi connectivity index (χ0n) is 19.3. The average molecular weight is 535 g/mol. The molecular weight excluding hydrogens is 515 g/mol. The van der Waals surface area contributed by atoms with Crippen molar-refractivity contribution in [3.8, 4) is 0 Å². The number of hydrogen-bond donors (Lipinski definition) is 1. The van der Waals surface area contributed by atoms with Gasteiger partial charge in [-0.05, 0) is 65.7 Å². The molecule has 0 saturated heterocycles. The summed E-state index contributed by atoms with van der Waals surface area (Å²) in [5.74, 6) is -1.37. The molecule has 0 atom stereocenters. The van der Waals surface area contributed by atoms with Gasteiger partial charge in [-0.2, -0.15) is 0 Å². The molecule has 0 bridgehead atoms. The van der Waals surface area contributed by atoms with Crippen LogP contribution in [0.15, 0.2) is 101 Å². The van der Waals surface area contributed by atoms with Gasteiger partial charge in [0.25, 0.3) is 11.8 Å². The molecule has 0 spiro atoms. The zero-order chi connectivity index (χ0) is 26.2. The molecular formula is C28H20ClFN2O4S. The van der Waals surface area contributed by atoms with E-state index in [1.807, 2.05) is 0 Å². The van der Waals surface area contributed by atoms with Crippen LogP contribution in [0.3, 0.4) is 0 Å². The molecule has 1 N–H and O–H groups in total. The molecule has 2 amide bonds. The largest absolute Gasteiger partial charge is 0.348 e. The molecule has 0 aliphatic carbocycles. The summed E-state index contributed by atoms with van der Waals surface area (Å²) in [4.78, 5) is 27.8. The van der Waals surface area contributed by atoms with Crippen molar-refractivity contribution in [1.29, 1.82) is 0 Å². The van der Waals surface area contributed by atoms with Crippen LogP contribution in [-0.4, -0.2) is 20.2 Å². The van der Waals surface area contributed by atoms with Crippen LogP contribution in [0, 0.1) is 5.82 Å². The first-order valence-electron chi connectivity index (χ1n) is 11.3. The summed E-state index contributed by atoms with van der Waals surface area (Å²) in [5, 5.41) is 3.22. The Morgan fingerprint density at radius 2 is 1.62 bits per heavy atom. The van der Waals surface area contributed by atoms with E-state index in [1.165, 1.54) is 47.4 Å². The van der Waals surface area contributed by atoms with Gasteiger partial charge in [-0.25, -0.2) is 12.8 Å². The Morgan fingerprint density at radius 3 is 2.38 bits per heavy atom. The Kier molecular flexibility index (Phi) is 6.54. The van der Waals surface area contributed by atoms with Gasteiger partial charge in [0.1, 0.15) is 5.82 Å². The molecule has 5 rings (SSSR count). The molecule has 4 aromatic rings. The highest BCUT2D eigenvalue weighted by Crippen LogP contribution is 2.38. The number of hydrogen-bond acceptors (Lipinski definition) is 4. The summed E-state index contributed by atoms with van der Waals surface area (Å²) < 4.78 is 40.4. The Bertz CT molecular complexity index is 1640. The molecule has 0 radical (unpaired) electrons. The van der Waals surface area contributed by atoms with Crippen molar-refractivity contribution in [2.45, 2.75) is 22.9 Å². The van der Waals surface area contributed by atoms with Gasteiger partial charge >= 0.3 is 0 Å². The lowest BCUT2D eigenvalue weighted by Crippen LogP contribution is -2.31. The monoisotopic (exact) mass is 534 g/mol. The number of rotatable bonds is 5. The molecule has 6 nitrogen and oxygen atoms in total. The van der Waals surface area contributed by atoms with Crippen LogP contribution in [-0.2, 0) is 22.9 Å². The molecule has 37 heavy (non-hydrogen) atoms. The standard InChI is InChI=1S/C28H20ClFN2O4S/c29-21-5-3-4-19(14-21)17-32-24-15-20(27(33)31-16-18-8-11-22(30)12-9-18)10-13-26(24)37(35,36)25-7-2-1-6-23(25)28(32)34/h1-15H,16-17H2,(H,31,33). The van der Waals surface area contributed by atoms with Crippen LogP contribution in [0.4, 0.5) is 10.1 Å². The van der Waals surface area contributed by atoms with E-state index in [9.17, 15) is 22.4 Å². The number of nitrogens with one attached hydrogen (secondary N) is 1. The zero-order valence-corrected chi connectivity index (χ0v) is 20.9. The number of fused-ring (bicyclic) bond motifs is 2. The number of nitrogens with zero attached hydrogens (tertiary/aromatic N) is 1. The van der Waals surface area contributed by atoms with Gasteiger partial charge < -0.3 is 10.2 Å². The second-order valence-corrected chi connectivity index (χ2v) is 10.8. The van der Waals surface area contributed by atoms with Gasteiger partial charge in [0, 0.05) is 17.1 Å². The highest BCUT2D eigenvalue weighted by molar-refractivity contribution is 7.91. The molecule has 186 valence electrons. The number of halogens is 2. The van der Waals surface area contributed by atoms with E-state index in [1.54, 1.807) is 48.5 Å². The third kappa shape index (κ3) is 4.85. The van der Waals surface area contributed by atoms with Gasteiger partial charge in [0.05, 0.1) is 27.6 Å². The fourth-order valence-electron chi connectivity index (χ4n) is 4.21. The molecule has 1 aliphatic heterocycles. The van der Waals surface area contributed by atoms with E-state index in [2.05, 4.69) is 5.32 Å². The highest BCUT2D eigenvalue weighted by Gasteiger charge is 2.36. The molecule has 0 fully saturated rings. The fourth-order valence-corrected chi connectivity index (χ4v) is 6.05. The second-order valence-electron chi connectivity index (χ2n) is 8.51. The Labute approximate surface area is 218 Å². The van der Waals surface area contributed by atoms with E-state index in [-0.39, 0.29) is 45.5 Å². The number of carbonyl (C=O) groups excluding carboxylic acids is 2. The highest BCUT2D eigenvalue weighted by atomic mass is 35.5. The van der Waals surface area contributed by atoms with E-state index in [4.69, 9.17) is 11.6 Å². The summed E-state index contributed by atoms with van der Waals surface area (Å²) in [6.45, 7) is 0.183. The molecule has 9 heteroatoms. The maximum Gasteiger partial charge on any atom is 0.259 e. The van der Waals surface area contributed by atoms with Crippen LogP contribution in [0.2, 0.25) is 5.02 Å². The van der Waals surface area contributed by atoms with E-state index < -0.39 is 21.7 Å². The summed E-state index contributed by atoms with van der Waals surface area (Å²) >= 11 is 6.15. The number of amides is 2. The summed E-state index contributed by atoms with van der Waals surface area (Å²) in [6, 6.07) is 22.8. The Hall–Kier alpha value is -4.01. The van der Waals surface area contributed by atoms with E-state index in [0.29, 0.717) is 16.1 Å². The van der Waals surface area contributed by atoms with Crippen molar-refractivity contribution < 1.29 is 22.4 Å². The van der Waals surface area contributed by atoms with Crippen LogP contribution in [0.1, 0.15) is 31.8 Å². The lowest BCUT2D eigenvalue weighted by atomic mass is 10.1. The maximum atomic E-state index is 13.7. The molecule has 1 heterocycles. The first-order valence-corrected chi connectivity index (χ1v) is 13.2. The minimum atomic E-state index is -4.06. The number of sulfone groups is 1. The topological polar surface area (TPSA) is 83.6 Å². The van der Waals surface area contributed by atoms with Gasteiger partial charge in [-0.15, -0.1) is 0 Å². The van der Waals surface area contributed by atoms with Crippen LogP contribution in [0.25, 0.3) is 0 Å². The van der Waals surface area contributed by atoms with Crippen molar-refractivity contribution in [3.05, 3.63) is 124 Å². The Balaban J connectivity index is 1.57. The normalized spacial score (nSPS) is 13.9. The summed E-state index contributed by atoms with van der Waals surface area (Å²) in [7, 11) is -4.06. The van der Waals surface area contributed by atoms with Crippen LogP contribution in [0.5, 0.6) is 0 Å². The second kappa shape index (κ2) is 9.80. The fraction of sp³-hybridized carbons (Fsp3) is 0.0714. The van der Waals surface area contributed by atoms with Crippen molar-refractivity contribution >= 4 is 38.9 Å². The molecule has 0 saturated carbocycles. The molecule has 4 aromatic carbocycles. The minimum Gasteiger partial charge on any atom is -0.348 e. The van der Waals surface area contributed by atoms with Gasteiger partial charge in [0.15, 0.2) is 0 Å². The first kappa shape index (κ1) is 24.7. The first-order chi connectivity index (χ1) is 17.7. The predicted octanol–water partition coefficient (Wildman–Crippen LogP) is 5.40. The lowest BCUT2D eigenvalue weighted by Gasteiger charge is -2.23. The average Bonchev–Trinajstić information content (AvgIpc) is 2.96. The lowest BCUT2D eigenvalue weighted by molar-refractivity contribution is 0.0947. The van der Waals surface area contributed by atoms with E-state index in [0.717, 1.165) is 0 Å². The number of anilines is 1. The molecule has 0 unspecified atom stereocenters. The van der Waals surface area contributed by atoms with Crippen molar-refractivity contribution in [2.24, 2.45) is 0 Å². The number of carbonyl (C=O) groups is 2. The van der Waals surface area contributed by atoms with Crippen molar-refractivity contribution in [1.82, 2.24) is 5.32 Å². The summed E-state index contributed by atoms with van der Waals surface area (Å²) in [6.07, 6.45) is 0. The minimum absolute atomic E-state index is 0.0386. The van der Waals surface area contributed by atoms with Crippen molar-refractivity contribution in [3.63, 3.8) is 0 Å². The van der Waals surface area contributed by atoms with Gasteiger partial charge in [-0.1, -0.05) is 48.0 Å². The quantitative estimate of drug-likeness (QED) is 0.371. The Morgan fingerprint density at radius 1 is 0.865 bits per heavy atom. The smallest absolute Gasteiger partial charge is 0.259 e. The van der Waals surface area contributed by atoms with Crippen molar-refractivity contribution in [2.75, 3.05) is 4.90 Å². The van der Waals surface area contributed by atoms with Gasteiger partial charge in [0.2, 0.25) is 9.84 Å². The molecule has 0 aromatic heterocycles. The van der Waals surface area contributed by atoms with Crippen LogP contribution < -0.4 is 10.2 Å².